The van der Waals surface area contributed by atoms with Crippen LogP contribution in [0.25, 0.3) is 0 Å². The number of alkyl carbamates (subject to hydrolysis) is 1. The number of hydrogen-bond acceptors (Lipinski definition) is 3. The van der Waals surface area contributed by atoms with Gasteiger partial charge in [0, 0.05) is 18.6 Å². The van der Waals surface area contributed by atoms with Crippen LogP contribution in [0, 0.1) is 0 Å². The van der Waals surface area contributed by atoms with Gasteiger partial charge in [0.25, 0.3) is 0 Å². The smallest absolute Gasteiger partial charge is 0.407 e. The second-order valence-corrected chi connectivity index (χ2v) is 7.57. The lowest BCUT2D eigenvalue weighted by molar-refractivity contribution is 0.0505. The van der Waals surface area contributed by atoms with E-state index in [1.165, 1.54) is 5.56 Å². The summed E-state index contributed by atoms with van der Waals surface area (Å²) in [5, 5.41) is 6.62. The Morgan fingerprint density at radius 3 is 2.52 bits per heavy atom. The van der Waals surface area contributed by atoms with Gasteiger partial charge in [-0.3, -0.25) is 0 Å². The Balaban J connectivity index is 1.70. The Hall–Kier alpha value is -1.55. The van der Waals surface area contributed by atoms with E-state index in [2.05, 4.69) is 41.8 Å². The van der Waals surface area contributed by atoms with Crippen LogP contribution in [0.5, 0.6) is 0 Å². The molecule has 3 atom stereocenters. The molecule has 1 aliphatic rings. The Kier molecular flexibility index (Phi) is 6.05. The van der Waals surface area contributed by atoms with Crippen molar-refractivity contribution in [2.75, 3.05) is 6.54 Å². The number of carbonyl (C=O) groups excluding carboxylic acids is 1. The van der Waals surface area contributed by atoms with Gasteiger partial charge in [-0.1, -0.05) is 37.3 Å². The van der Waals surface area contributed by atoms with Crippen LogP contribution in [0.3, 0.4) is 0 Å². The summed E-state index contributed by atoms with van der Waals surface area (Å²) in [5.41, 5.74) is 0.923. The second kappa shape index (κ2) is 7.82. The monoisotopic (exact) mass is 318 g/mol. The molecule has 0 radical (unpaired) electrons. The lowest BCUT2D eigenvalue weighted by atomic mass is 10.0. The molecule has 128 valence electrons. The van der Waals surface area contributed by atoms with E-state index in [4.69, 9.17) is 4.74 Å². The first-order valence-electron chi connectivity index (χ1n) is 8.61. The maximum Gasteiger partial charge on any atom is 0.407 e. The zero-order valence-corrected chi connectivity index (χ0v) is 14.8. The van der Waals surface area contributed by atoms with Gasteiger partial charge in [-0.05, 0) is 51.5 Å². The Morgan fingerprint density at radius 1 is 1.22 bits per heavy atom. The standard InChI is InChI=1S/C19H30N2O2/c1-14(15-8-6-5-7-9-15)13-20-16-10-11-17(12-16)21-18(22)23-19(2,3)4/h5-9,14,16-17,20H,10-13H2,1-4H3,(H,21,22). The molecule has 1 saturated carbocycles. The molecule has 0 saturated heterocycles. The number of ether oxygens (including phenoxy) is 1. The van der Waals surface area contributed by atoms with Crippen molar-refractivity contribution in [3.05, 3.63) is 35.9 Å². The minimum Gasteiger partial charge on any atom is -0.444 e. The third kappa shape index (κ3) is 6.22. The van der Waals surface area contributed by atoms with Crippen LogP contribution in [0.15, 0.2) is 30.3 Å². The molecule has 0 spiro atoms. The number of amides is 1. The van der Waals surface area contributed by atoms with Gasteiger partial charge in [0.2, 0.25) is 0 Å². The summed E-state index contributed by atoms with van der Waals surface area (Å²) in [6.45, 7) is 8.87. The summed E-state index contributed by atoms with van der Waals surface area (Å²) in [4.78, 5) is 11.8. The summed E-state index contributed by atoms with van der Waals surface area (Å²) < 4.78 is 5.32. The van der Waals surface area contributed by atoms with Crippen LogP contribution < -0.4 is 10.6 Å². The van der Waals surface area contributed by atoms with E-state index in [0.29, 0.717) is 12.0 Å². The molecule has 1 amide bonds. The summed E-state index contributed by atoms with van der Waals surface area (Å²) in [6, 6.07) is 11.3. The quantitative estimate of drug-likeness (QED) is 0.867. The number of nitrogens with one attached hydrogen (secondary N) is 2. The Labute approximate surface area is 140 Å². The molecule has 1 aromatic carbocycles. The topological polar surface area (TPSA) is 50.4 Å². The first-order valence-corrected chi connectivity index (χ1v) is 8.61. The molecule has 0 aromatic heterocycles. The van der Waals surface area contributed by atoms with Crippen molar-refractivity contribution in [2.24, 2.45) is 0 Å². The Bertz CT molecular complexity index is 496. The van der Waals surface area contributed by atoms with Crippen LogP contribution >= 0.6 is 0 Å². The molecule has 2 N–H and O–H groups in total. The molecule has 3 unspecified atom stereocenters. The van der Waals surface area contributed by atoms with Crippen LogP contribution in [-0.2, 0) is 4.74 Å². The molecule has 0 bridgehead atoms. The third-order valence-electron chi connectivity index (χ3n) is 4.23. The fourth-order valence-corrected chi connectivity index (χ4v) is 3.02. The SMILES string of the molecule is CC(CNC1CCC(NC(=O)OC(C)(C)C)C1)c1ccccc1. The van der Waals surface area contributed by atoms with Gasteiger partial charge < -0.3 is 15.4 Å². The predicted octanol–water partition coefficient (Wildman–Crippen LogP) is 3.83. The van der Waals surface area contributed by atoms with Gasteiger partial charge >= 0.3 is 6.09 Å². The molecule has 1 aliphatic carbocycles. The average molecular weight is 318 g/mol. The van der Waals surface area contributed by atoms with E-state index in [9.17, 15) is 4.79 Å². The van der Waals surface area contributed by atoms with Crippen LogP contribution in [0.1, 0.15) is 58.4 Å². The number of hydrogen-bond donors (Lipinski definition) is 2. The zero-order chi connectivity index (χ0) is 16.9. The summed E-state index contributed by atoms with van der Waals surface area (Å²) >= 11 is 0. The molecule has 4 nitrogen and oxygen atoms in total. The largest absolute Gasteiger partial charge is 0.444 e. The Morgan fingerprint density at radius 2 is 1.87 bits per heavy atom. The molecular formula is C19H30N2O2. The van der Waals surface area contributed by atoms with Crippen molar-refractivity contribution in [2.45, 2.75) is 70.6 Å². The number of carbonyl (C=O) groups is 1. The first kappa shape index (κ1) is 17.8. The van der Waals surface area contributed by atoms with E-state index in [0.717, 1.165) is 25.8 Å². The minimum absolute atomic E-state index is 0.217. The molecule has 1 aromatic rings. The van der Waals surface area contributed by atoms with Gasteiger partial charge in [0.05, 0.1) is 0 Å². The number of rotatable bonds is 5. The van der Waals surface area contributed by atoms with E-state index < -0.39 is 5.60 Å². The third-order valence-corrected chi connectivity index (χ3v) is 4.23. The average Bonchev–Trinajstić information content (AvgIpc) is 2.91. The molecule has 0 heterocycles. The maximum absolute atomic E-state index is 11.8. The summed E-state index contributed by atoms with van der Waals surface area (Å²) in [5.74, 6) is 0.495. The maximum atomic E-state index is 11.8. The highest BCUT2D eigenvalue weighted by Gasteiger charge is 2.27. The van der Waals surface area contributed by atoms with Crippen molar-refractivity contribution in [3.8, 4) is 0 Å². The van der Waals surface area contributed by atoms with Gasteiger partial charge in [-0.2, -0.15) is 0 Å². The van der Waals surface area contributed by atoms with Crippen molar-refractivity contribution < 1.29 is 9.53 Å². The highest BCUT2D eigenvalue weighted by atomic mass is 16.6. The summed E-state index contributed by atoms with van der Waals surface area (Å²) in [7, 11) is 0. The molecule has 0 aliphatic heterocycles. The van der Waals surface area contributed by atoms with E-state index in [1.54, 1.807) is 0 Å². The molecule has 23 heavy (non-hydrogen) atoms. The van der Waals surface area contributed by atoms with Crippen molar-refractivity contribution in [1.82, 2.24) is 10.6 Å². The second-order valence-electron chi connectivity index (χ2n) is 7.57. The molecular weight excluding hydrogens is 288 g/mol. The van der Waals surface area contributed by atoms with Gasteiger partial charge in [-0.15, -0.1) is 0 Å². The normalized spacial score (nSPS) is 22.6. The van der Waals surface area contributed by atoms with Gasteiger partial charge in [-0.25, -0.2) is 4.79 Å². The van der Waals surface area contributed by atoms with Crippen LogP contribution in [-0.4, -0.2) is 30.3 Å². The summed E-state index contributed by atoms with van der Waals surface area (Å²) in [6.07, 6.45) is 2.78. The highest BCUT2D eigenvalue weighted by Crippen LogP contribution is 2.21. The fraction of sp³-hybridized carbons (Fsp3) is 0.632. The van der Waals surface area contributed by atoms with E-state index in [1.807, 2.05) is 26.8 Å². The van der Waals surface area contributed by atoms with E-state index in [-0.39, 0.29) is 12.1 Å². The minimum atomic E-state index is -0.439. The first-order chi connectivity index (χ1) is 10.8. The highest BCUT2D eigenvalue weighted by molar-refractivity contribution is 5.68. The lowest BCUT2D eigenvalue weighted by Gasteiger charge is -2.22. The molecule has 4 heteroatoms. The van der Waals surface area contributed by atoms with Crippen molar-refractivity contribution >= 4 is 6.09 Å². The van der Waals surface area contributed by atoms with E-state index >= 15 is 0 Å². The fourth-order valence-electron chi connectivity index (χ4n) is 3.02. The van der Waals surface area contributed by atoms with Crippen LogP contribution in [0.4, 0.5) is 4.79 Å². The lowest BCUT2D eigenvalue weighted by Crippen LogP contribution is -2.39. The predicted molar refractivity (Wildman–Crippen MR) is 93.7 cm³/mol. The van der Waals surface area contributed by atoms with Crippen molar-refractivity contribution in [1.29, 1.82) is 0 Å². The zero-order valence-electron chi connectivity index (χ0n) is 14.8. The van der Waals surface area contributed by atoms with Gasteiger partial charge in [0.15, 0.2) is 0 Å². The van der Waals surface area contributed by atoms with Gasteiger partial charge in [0.1, 0.15) is 5.60 Å². The van der Waals surface area contributed by atoms with Crippen molar-refractivity contribution in [3.63, 3.8) is 0 Å². The molecule has 2 rings (SSSR count). The molecule has 1 fully saturated rings. The number of benzene rings is 1. The van der Waals surface area contributed by atoms with Crippen LogP contribution in [0.2, 0.25) is 0 Å².